The number of hydrogen-bond acceptors (Lipinski definition) is 7. The number of pyridine rings is 2. The van der Waals surface area contributed by atoms with Gasteiger partial charge in [0.25, 0.3) is 0 Å². The molecule has 5 heterocycles. The highest BCUT2D eigenvalue weighted by atomic mass is 19.1. The summed E-state index contributed by atoms with van der Waals surface area (Å²) >= 11 is 0. The Kier molecular flexibility index (Phi) is 6.02. The molecular formula is C27H29FN6O2. The van der Waals surface area contributed by atoms with Gasteiger partial charge in [-0.05, 0) is 68.1 Å². The van der Waals surface area contributed by atoms with Gasteiger partial charge in [0.05, 0.1) is 24.9 Å². The molecule has 2 aliphatic rings. The third-order valence-corrected chi connectivity index (χ3v) is 7.00. The van der Waals surface area contributed by atoms with Crippen molar-refractivity contribution in [2.75, 3.05) is 37.0 Å². The Labute approximate surface area is 208 Å². The van der Waals surface area contributed by atoms with Crippen molar-refractivity contribution < 1.29 is 13.9 Å². The van der Waals surface area contributed by atoms with Gasteiger partial charge < -0.3 is 20.1 Å². The van der Waals surface area contributed by atoms with Crippen LogP contribution >= 0.6 is 0 Å². The van der Waals surface area contributed by atoms with Crippen LogP contribution in [0, 0.1) is 5.82 Å². The summed E-state index contributed by atoms with van der Waals surface area (Å²) in [6.07, 6.45) is 6.41. The number of halogens is 1. The molecule has 2 saturated heterocycles. The van der Waals surface area contributed by atoms with Crippen molar-refractivity contribution in [2.24, 2.45) is 0 Å². The van der Waals surface area contributed by atoms with Crippen LogP contribution in [0.1, 0.15) is 32.4 Å². The average Bonchev–Trinajstić information content (AvgIpc) is 3.38. The van der Waals surface area contributed by atoms with E-state index >= 15 is 4.39 Å². The van der Waals surface area contributed by atoms with E-state index in [0.717, 1.165) is 41.7 Å². The highest BCUT2D eigenvalue weighted by molar-refractivity contribution is 6.01. The van der Waals surface area contributed by atoms with Gasteiger partial charge in [-0.2, -0.15) is 5.10 Å². The van der Waals surface area contributed by atoms with Gasteiger partial charge >= 0.3 is 0 Å². The molecule has 2 N–H and O–H groups in total. The van der Waals surface area contributed by atoms with Crippen LogP contribution in [-0.2, 0) is 9.47 Å². The predicted molar refractivity (Wildman–Crippen MR) is 137 cm³/mol. The fourth-order valence-corrected chi connectivity index (χ4v) is 5.16. The molecule has 6 rings (SSSR count). The summed E-state index contributed by atoms with van der Waals surface area (Å²) in [6, 6.07) is 10.7. The minimum atomic E-state index is -0.373. The Morgan fingerprint density at radius 3 is 2.78 bits per heavy atom. The summed E-state index contributed by atoms with van der Waals surface area (Å²) in [5.74, 6) is 0.390. The van der Waals surface area contributed by atoms with Crippen molar-refractivity contribution in [3.63, 3.8) is 0 Å². The first-order chi connectivity index (χ1) is 17.6. The number of ether oxygens (including phenoxy) is 2. The molecule has 0 spiro atoms. The first-order valence-electron chi connectivity index (χ1n) is 12.4. The smallest absolute Gasteiger partial charge is 0.150 e. The Hall–Kier alpha value is -3.56. The fraction of sp³-hybridized carbons (Fsp3) is 0.370. The lowest BCUT2D eigenvalue weighted by atomic mass is 9.99. The first-order valence-corrected chi connectivity index (χ1v) is 12.4. The highest BCUT2D eigenvalue weighted by Crippen LogP contribution is 2.38. The molecule has 2 aliphatic heterocycles. The second-order valence-corrected chi connectivity index (χ2v) is 9.42. The maximum absolute atomic E-state index is 15.2. The third-order valence-electron chi connectivity index (χ3n) is 7.00. The molecule has 0 saturated carbocycles. The second kappa shape index (κ2) is 9.48. The van der Waals surface area contributed by atoms with Gasteiger partial charge in [-0.1, -0.05) is 0 Å². The Bertz CT molecular complexity index is 1400. The number of hydrogen-bond donors (Lipinski definition) is 1. The first kappa shape index (κ1) is 22.9. The molecule has 36 heavy (non-hydrogen) atoms. The average molecular weight is 489 g/mol. The molecule has 9 heteroatoms. The molecule has 2 fully saturated rings. The summed E-state index contributed by atoms with van der Waals surface area (Å²) in [6.45, 7) is 4.74. The Morgan fingerprint density at radius 1 is 1.06 bits per heavy atom. The normalized spacial score (nSPS) is 20.7. The van der Waals surface area contributed by atoms with E-state index in [1.807, 2.05) is 22.9 Å². The van der Waals surface area contributed by atoms with Gasteiger partial charge in [-0.25, -0.2) is 14.1 Å². The minimum absolute atomic E-state index is 0.133. The summed E-state index contributed by atoms with van der Waals surface area (Å²) < 4.78 is 28.8. The predicted octanol–water partition coefficient (Wildman–Crippen LogP) is 4.81. The van der Waals surface area contributed by atoms with Crippen LogP contribution in [-0.4, -0.2) is 52.2 Å². The molecule has 4 aromatic rings. The largest absolute Gasteiger partial charge is 0.399 e. The molecule has 0 amide bonds. The number of morpholine rings is 1. The van der Waals surface area contributed by atoms with Gasteiger partial charge in [0.1, 0.15) is 22.8 Å². The number of rotatable bonds is 4. The van der Waals surface area contributed by atoms with Crippen molar-refractivity contribution >= 4 is 22.4 Å². The number of benzene rings is 1. The van der Waals surface area contributed by atoms with Crippen molar-refractivity contribution in [1.29, 1.82) is 0 Å². The molecule has 1 aromatic carbocycles. The second-order valence-electron chi connectivity index (χ2n) is 9.42. The van der Waals surface area contributed by atoms with E-state index in [-0.39, 0.29) is 18.1 Å². The van der Waals surface area contributed by atoms with E-state index < -0.39 is 0 Å². The van der Waals surface area contributed by atoms with Gasteiger partial charge in [0.15, 0.2) is 6.23 Å². The van der Waals surface area contributed by atoms with Crippen LogP contribution in [0.2, 0.25) is 0 Å². The summed E-state index contributed by atoms with van der Waals surface area (Å²) in [4.78, 5) is 12.1. The van der Waals surface area contributed by atoms with Crippen LogP contribution in [0.25, 0.3) is 33.4 Å². The highest BCUT2D eigenvalue weighted by Gasteiger charge is 2.26. The van der Waals surface area contributed by atoms with E-state index in [1.54, 1.807) is 24.5 Å². The molecule has 0 aliphatic carbocycles. The maximum Gasteiger partial charge on any atom is 0.150 e. The lowest BCUT2D eigenvalue weighted by Gasteiger charge is -2.34. The summed E-state index contributed by atoms with van der Waals surface area (Å²) in [5, 5.41) is 5.39. The molecule has 3 aromatic heterocycles. The molecule has 186 valence electrons. The van der Waals surface area contributed by atoms with Gasteiger partial charge in [-0.3, -0.25) is 4.98 Å². The lowest BCUT2D eigenvalue weighted by molar-refractivity contribution is -0.0383. The van der Waals surface area contributed by atoms with E-state index in [1.165, 1.54) is 6.07 Å². The van der Waals surface area contributed by atoms with E-state index in [2.05, 4.69) is 16.9 Å². The zero-order valence-electron chi connectivity index (χ0n) is 20.2. The minimum Gasteiger partial charge on any atom is -0.399 e. The zero-order valence-corrected chi connectivity index (χ0v) is 20.2. The van der Waals surface area contributed by atoms with E-state index in [0.29, 0.717) is 48.8 Å². The van der Waals surface area contributed by atoms with Crippen LogP contribution < -0.4 is 10.6 Å². The quantitative estimate of drug-likeness (QED) is 0.412. The maximum atomic E-state index is 15.2. The standard InChI is InChI=1S/C27H29FN6O2/c1-17-16-35-13-11-33(17)24-15-21(19-6-5-18(29)14-22(19)28)20-7-9-30-27(26(20)32-24)23-8-10-31-34(23)25-4-2-3-12-36-25/h5-10,14-15,17,25H,2-4,11-13,16,29H2,1H3/t17-,25?/m1/s1. The fourth-order valence-electron chi connectivity index (χ4n) is 5.16. The lowest BCUT2D eigenvalue weighted by Crippen LogP contribution is -2.44. The van der Waals surface area contributed by atoms with Crippen molar-refractivity contribution in [2.45, 2.75) is 38.5 Å². The van der Waals surface area contributed by atoms with Crippen molar-refractivity contribution in [3.05, 3.63) is 54.6 Å². The molecule has 0 radical (unpaired) electrons. The van der Waals surface area contributed by atoms with E-state index in [4.69, 9.17) is 25.2 Å². The summed E-state index contributed by atoms with van der Waals surface area (Å²) in [5.41, 5.74) is 9.67. The van der Waals surface area contributed by atoms with Crippen molar-refractivity contribution in [3.8, 4) is 22.5 Å². The van der Waals surface area contributed by atoms with Gasteiger partial charge in [-0.15, -0.1) is 0 Å². The number of nitrogen functional groups attached to an aromatic ring is 1. The van der Waals surface area contributed by atoms with Crippen LogP contribution in [0.15, 0.2) is 48.8 Å². The molecule has 8 nitrogen and oxygen atoms in total. The Morgan fingerprint density at radius 2 is 1.97 bits per heavy atom. The summed E-state index contributed by atoms with van der Waals surface area (Å²) in [7, 11) is 0. The topological polar surface area (TPSA) is 91.3 Å². The molecule has 2 atom stereocenters. The third kappa shape index (κ3) is 4.08. The van der Waals surface area contributed by atoms with Crippen LogP contribution in [0.4, 0.5) is 15.9 Å². The number of nitrogens with zero attached hydrogens (tertiary/aromatic N) is 5. The molecule has 0 bridgehead atoms. The van der Waals surface area contributed by atoms with Crippen molar-refractivity contribution in [1.82, 2.24) is 19.7 Å². The van der Waals surface area contributed by atoms with E-state index in [9.17, 15) is 0 Å². The number of nitrogens with two attached hydrogens (primary N) is 1. The van der Waals surface area contributed by atoms with Gasteiger partial charge in [0, 0.05) is 42.2 Å². The molecular weight excluding hydrogens is 459 g/mol. The van der Waals surface area contributed by atoms with Crippen LogP contribution in [0.5, 0.6) is 0 Å². The Balaban J connectivity index is 1.58. The number of aromatic nitrogens is 4. The zero-order chi connectivity index (χ0) is 24.6. The SMILES string of the molecule is C[C@@H]1COCCN1c1cc(-c2ccc(N)cc2F)c2ccnc(-c3ccnn3C3CCCCO3)c2n1. The number of fused-ring (bicyclic) bond motifs is 1. The molecule has 1 unspecified atom stereocenters. The van der Waals surface area contributed by atoms with Gasteiger partial charge in [0.2, 0.25) is 0 Å². The number of anilines is 2. The van der Waals surface area contributed by atoms with Crippen LogP contribution in [0.3, 0.4) is 0 Å². The monoisotopic (exact) mass is 488 g/mol.